The lowest BCUT2D eigenvalue weighted by Crippen LogP contribution is -2.34. The van der Waals surface area contributed by atoms with Crippen molar-refractivity contribution < 1.29 is 17.7 Å². The standard InChI is InChI=1S/C16H16F3N4S/c1-8-20-12(10-6-5-9(14(18)19)7-11(10)17)13-15(23(8)4)21-16(24-13)22(2)3/h5-7,14H,1-4H3/q+1. The largest absolute Gasteiger partial charge is 0.340 e. The van der Waals surface area contributed by atoms with Gasteiger partial charge in [-0.3, -0.25) is 0 Å². The van der Waals surface area contributed by atoms with Gasteiger partial charge in [-0.25, -0.2) is 17.7 Å². The number of hydrogen-bond acceptors (Lipinski definition) is 4. The number of aromatic nitrogens is 3. The highest BCUT2D eigenvalue weighted by Crippen LogP contribution is 2.35. The van der Waals surface area contributed by atoms with E-state index in [-0.39, 0.29) is 11.1 Å². The van der Waals surface area contributed by atoms with Gasteiger partial charge in [0.1, 0.15) is 5.82 Å². The van der Waals surface area contributed by atoms with Crippen LogP contribution in [0.25, 0.3) is 21.6 Å². The van der Waals surface area contributed by atoms with E-state index in [0.717, 1.165) is 15.9 Å². The van der Waals surface area contributed by atoms with E-state index < -0.39 is 12.2 Å². The monoisotopic (exact) mass is 353 g/mol. The van der Waals surface area contributed by atoms with Gasteiger partial charge < -0.3 is 4.90 Å². The van der Waals surface area contributed by atoms with E-state index in [1.807, 2.05) is 30.6 Å². The fraction of sp³-hybridized carbons (Fsp3) is 0.312. The number of rotatable bonds is 3. The molecule has 0 fully saturated rings. The molecule has 0 aliphatic carbocycles. The highest BCUT2D eigenvalue weighted by molar-refractivity contribution is 7.22. The van der Waals surface area contributed by atoms with Gasteiger partial charge in [0, 0.05) is 26.6 Å². The zero-order valence-corrected chi connectivity index (χ0v) is 14.5. The average molecular weight is 353 g/mol. The molecule has 3 rings (SSSR count). The van der Waals surface area contributed by atoms with Crippen molar-refractivity contribution in [1.29, 1.82) is 0 Å². The van der Waals surface area contributed by atoms with E-state index in [0.29, 0.717) is 17.2 Å². The fourth-order valence-electron chi connectivity index (χ4n) is 2.36. The van der Waals surface area contributed by atoms with Crippen LogP contribution in [-0.2, 0) is 7.05 Å². The van der Waals surface area contributed by atoms with Crippen molar-refractivity contribution in [2.24, 2.45) is 7.05 Å². The second kappa shape index (κ2) is 6.01. The molecule has 2 aromatic heterocycles. The molecule has 0 amide bonds. The molecule has 0 N–H and O–H groups in total. The SMILES string of the molecule is Cc1nc(-c2ccc(C(F)F)cc2F)c2sc(N(C)C)nc2[n+]1C. The Morgan fingerprint density at radius 2 is 1.92 bits per heavy atom. The van der Waals surface area contributed by atoms with E-state index in [1.165, 1.54) is 23.5 Å². The molecule has 4 nitrogen and oxygen atoms in total. The van der Waals surface area contributed by atoms with E-state index in [4.69, 9.17) is 0 Å². The third kappa shape index (κ3) is 2.71. The average Bonchev–Trinajstić information content (AvgIpc) is 2.97. The molecule has 3 aromatic rings. The Labute approximate surface area is 141 Å². The normalized spacial score (nSPS) is 11.5. The van der Waals surface area contributed by atoms with Crippen molar-refractivity contribution in [1.82, 2.24) is 9.97 Å². The van der Waals surface area contributed by atoms with Crippen LogP contribution in [0.2, 0.25) is 0 Å². The van der Waals surface area contributed by atoms with Crippen molar-refractivity contribution >= 4 is 26.8 Å². The van der Waals surface area contributed by atoms with Gasteiger partial charge in [-0.05, 0) is 12.1 Å². The van der Waals surface area contributed by atoms with Crippen LogP contribution in [0.1, 0.15) is 17.8 Å². The smallest absolute Gasteiger partial charge is 0.287 e. The first-order valence-corrected chi connectivity index (χ1v) is 8.03. The molecule has 0 radical (unpaired) electrons. The second-order valence-corrected chi connectivity index (χ2v) is 6.63. The van der Waals surface area contributed by atoms with Crippen LogP contribution >= 0.6 is 11.3 Å². The van der Waals surface area contributed by atoms with E-state index in [1.54, 1.807) is 6.92 Å². The predicted octanol–water partition coefficient (Wildman–Crippen LogP) is 3.63. The maximum Gasteiger partial charge on any atom is 0.287 e. The van der Waals surface area contributed by atoms with Gasteiger partial charge >= 0.3 is 0 Å². The minimum absolute atomic E-state index is 0.196. The lowest BCUT2D eigenvalue weighted by atomic mass is 10.1. The molecule has 2 heterocycles. The summed E-state index contributed by atoms with van der Waals surface area (Å²) in [7, 11) is 5.58. The van der Waals surface area contributed by atoms with E-state index in [9.17, 15) is 13.2 Å². The summed E-state index contributed by atoms with van der Waals surface area (Å²) in [6.45, 7) is 1.79. The van der Waals surface area contributed by atoms with Crippen molar-refractivity contribution in [3.63, 3.8) is 0 Å². The molecule has 0 saturated carbocycles. The van der Waals surface area contributed by atoms with E-state index >= 15 is 0 Å². The van der Waals surface area contributed by atoms with Crippen molar-refractivity contribution in [3.05, 3.63) is 35.4 Å². The molecule has 0 atom stereocenters. The predicted molar refractivity (Wildman–Crippen MR) is 88.0 cm³/mol. The molecule has 8 heteroatoms. The maximum absolute atomic E-state index is 14.4. The van der Waals surface area contributed by atoms with Crippen LogP contribution < -0.4 is 9.47 Å². The van der Waals surface area contributed by atoms with Gasteiger partial charge in [0.15, 0.2) is 10.4 Å². The Bertz CT molecular complexity index is 921. The van der Waals surface area contributed by atoms with Crippen molar-refractivity contribution in [2.45, 2.75) is 13.3 Å². The molecule has 0 spiro atoms. The topological polar surface area (TPSA) is 32.9 Å². The number of thiazole rings is 1. The summed E-state index contributed by atoms with van der Waals surface area (Å²) in [6.07, 6.45) is -2.71. The second-order valence-electron chi connectivity index (χ2n) is 5.65. The Hall–Kier alpha value is -2.22. The zero-order chi connectivity index (χ0) is 17.6. The minimum atomic E-state index is -2.71. The molecule has 1 aromatic carbocycles. The van der Waals surface area contributed by atoms with Crippen LogP contribution in [0.3, 0.4) is 0 Å². The molecule has 0 saturated heterocycles. The lowest BCUT2D eigenvalue weighted by Gasteiger charge is -2.05. The molecule has 24 heavy (non-hydrogen) atoms. The van der Waals surface area contributed by atoms with E-state index in [2.05, 4.69) is 9.97 Å². The van der Waals surface area contributed by atoms with Gasteiger partial charge in [-0.15, -0.1) is 4.98 Å². The number of benzene rings is 1. The highest BCUT2D eigenvalue weighted by atomic mass is 32.1. The van der Waals surface area contributed by atoms with Gasteiger partial charge in [-0.2, -0.15) is 0 Å². The summed E-state index contributed by atoms with van der Waals surface area (Å²) in [6, 6.07) is 3.45. The number of anilines is 1. The highest BCUT2D eigenvalue weighted by Gasteiger charge is 2.25. The van der Waals surface area contributed by atoms with Gasteiger partial charge in [0.05, 0.1) is 12.6 Å². The summed E-state index contributed by atoms with van der Waals surface area (Å²) in [5.41, 5.74) is 0.957. The van der Waals surface area contributed by atoms with Crippen LogP contribution in [-0.4, -0.2) is 24.1 Å². The molecule has 0 aliphatic rings. The summed E-state index contributed by atoms with van der Waals surface area (Å²) in [4.78, 5) is 10.9. The van der Waals surface area contributed by atoms with Crippen LogP contribution in [0.5, 0.6) is 0 Å². The first-order valence-electron chi connectivity index (χ1n) is 7.22. The first-order chi connectivity index (χ1) is 11.3. The summed E-state index contributed by atoms with van der Waals surface area (Å²) >= 11 is 1.39. The Kier molecular flexibility index (Phi) is 4.16. The molecule has 0 aliphatic heterocycles. The van der Waals surface area contributed by atoms with Crippen LogP contribution in [0.15, 0.2) is 18.2 Å². The van der Waals surface area contributed by atoms with Gasteiger partial charge in [0.25, 0.3) is 17.2 Å². The minimum Gasteiger partial charge on any atom is -0.340 e. The maximum atomic E-state index is 14.4. The third-order valence-corrected chi connectivity index (χ3v) is 4.99. The number of nitrogens with zero attached hydrogens (tertiary/aromatic N) is 4. The number of fused-ring (bicyclic) bond motifs is 1. The number of halogens is 3. The summed E-state index contributed by atoms with van der Waals surface area (Å²) in [5, 5.41) is 0.763. The van der Waals surface area contributed by atoms with Crippen LogP contribution in [0.4, 0.5) is 18.3 Å². The van der Waals surface area contributed by atoms with Crippen LogP contribution in [0, 0.1) is 12.7 Å². The molecule has 0 unspecified atom stereocenters. The molecular formula is C16H16F3N4S+. The quantitative estimate of drug-likeness (QED) is 0.674. The number of aryl methyl sites for hydroxylation is 2. The third-order valence-electron chi connectivity index (χ3n) is 3.77. The number of alkyl halides is 2. The Morgan fingerprint density at radius 3 is 2.50 bits per heavy atom. The molecule has 0 bridgehead atoms. The Balaban J connectivity index is 2.28. The first kappa shape index (κ1) is 16.6. The lowest BCUT2D eigenvalue weighted by molar-refractivity contribution is -0.656. The summed E-state index contributed by atoms with van der Waals surface area (Å²) in [5.74, 6) is -0.0555. The summed E-state index contributed by atoms with van der Waals surface area (Å²) < 4.78 is 42.4. The molecular weight excluding hydrogens is 337 g/mol. The van der Waals surface area contributed by atoms with Gasteiger partial charge in [-0.1, -0.05) is 22.4 Å². The van der Waals surface area contributed by atoms with Crippen molar-refractivity contribution in [3.8, 4) is 11.3 Å². The molecule has 126 valence electrons. The Morgan fingerprint density at radius 1 is 1.21 bits per heavy atom. The number of hydrogen-bond donors (Lipinski definition) is 0. The van der Waals surface area contributed by atoms with Crippen molar-refractivity contribution in [2.75, 3.05) is 19.0 Å². The zero-order valence-electron chi connectivity index (χ0n) is 13.6. The fourth-order valence-corrected chi connectivity index (χ4v) is 3.38. The van der Waals surface area contributed by atoms with Gasteiger partial charge in [0.2, 0.25) is 5.82 Å².